The Morgan fingerprint density at radius 2 is 1.80 bits per heavy atom. The summed E-state index contributed by atoms with van der Waals surface area (Å²) in [5.74, 6) is 1.88. The number of nitrogens with zero attached hydrogens (tertiary/aromatic N) is 3. The zero-order chi connectivity index (χ0) is 20.9. The molecule has 3 N–H and O–H groups in total. The zero-order valence-electron chi connectivity index (χ0n) is 18.4. The van der Waals surface area contributed by atoms with Crippen LogP contribution < -0.4 is 20.9 Å². The zero-order valence-corrected chi connectivity index (χ0v) is 19.2. The molecule has 0 spiro atoms. The predicted molar refractivity (Wildman–Crippen MR) is 125 cm³/mol. The predicted octanol–water partition coefficient (Wildman–Crippen LogP) is 2.79. The average molecular weight is 433 g/mol. The lowest BCUT2D eigenvalue weighted by atomic mass is 9.91. The summed E-state index contributed by atoms with van der Waals surface area (Å²) >= 11 is 5.48. The molecule has 2 aliphatic carbocycles. The highest BCUT2D eigenvalue weighted by atomic mass is 32.1. The molecule has 0 radical (unpaired) electrons. The molecule has 0 amide bonds. The second-order valence-corrected chi connectivity index (χ2v) is 9.49. The summed E-state index contributed by atoms with van der Waals surface area (Å²) in [6.07, 6.45) is 11.7. The van der Waals surface area contributed by atoms with E-state index in [1.54, 1.807) is 0 Å². The molecular formula is C22H36N6OS. The van der Waals surface area contributed by atoms with Gasteiger partial charge < -0.3 is 25.6 Å². The number of hydrogen-bond acceptors (Lipinski definition) is 6. The van der Waals surface area contributed by atoms with Gasteiger partial charge in [0.1, 0.15) is 5.82 Å². The number of fused-ring (bicyclic) bond motifs is 1. The molecule has 30 heavy (non-hydrogen) atoms. The van der Waals surface area contributed by atoms with E-state index < -0.39 is 0 Å². The highest BCUT2D eigenvalue weighted by molar-refractivity contribution is 7.80. The van der Waals surface area contributed by atoms with Crippen molar-refractivity contribution in [2.24, 2.45) is 0 Å². The first kappa shape index (κ1) is 21.6. The molecule has 1 atom stereocenters. The van der Waals surface area contributed by atoms with E-state index in [2.05, 4.69) is 34.9 Å². The van der Waals surface area contributed by atoms with Gasteiger partial charge in [-0.15, -0.1) is 0 Å². The van der Waals surface area contributed by atoms with E-state index >= 15 is 0 Å². The third-order valence-corrected chi connectivity index (χ3v) is 6.76. The number of anilines is 2. The third-order valence-electron chi connectivity index (χ3n) is 6.49. The topological polar surface area (TPSA) is 74.3 Å². The van der Waals surface area contributed by atoms with E-state index in [1.807, 2.05) is 0 Å². The summed E-state index contributed by atoms with van der Waals surface area (Å²) in [7, 11) is 4.15. The summed E-state index contributed by atoms with van der Waals surface area (Å²) in [6.45, 7) is 1.69. The van der Waals surface area contributed by atoms with Crippen LogP contribution in [0.15, 0.2) is 0 Å². The van der Waals surface area contributed by atoms with Crippen LogP contribution in [0.1, 0.15) is 62.6 Å². The van der Waals surface area contributed by atoms with Crippen LogP contribution >= 0.6 is 12.2 Å². The van der Waals surface area contributed by atoms with Gasteiger partial charge in [-0.1, -0.05) is 0 Å². The van der Waals surface area contributed by atoms with Gasteiger partial charge >= 0.3 is 0 Å². The van der Waals surface area contributed by atoms with E-state index in [9.17, 15) is 0 Å². The smallest absolute Gasteiger partial charge is 0.225 e. The lowest BCUT2D eigenvalue weighted by Crippen LogP contribution is -2.46. The molecule has 7 nitrogen and oxygen atoms in total. The van der Waals surface area contributed by atoms with Crippen molar-refractivity contribution >= 4 is 29.1 Å². The van der Waals surface area contributed by atoms with E-state index in [0.717, 1.165) is 81.4 Å². The lowest BCUT2D eigenvalue weighted by Gasteiger charge is -2.31. The first-order valence-corrected chi connectivity index (χ1v) is 12.0. The second kappa shape index (κ2) is 10.1. The van der Waals surface area contributed by atoms with E-state index in [-0.39, 0.29) is 0 Å². The molecule has 3 aliphatic rings. The molecular weight excluding hydrogens is 396 g/mol. The Morgan fingerprint density at radius 3 is 2.53 bits per heavy atom. The molecule has 1 aliphatic heterocycles. The number of nitrogens with one attached hydrogen (secondary N) is 3. The molecule has 4 rings (SSSR count). The highest BCUT2D eigenvalue weighted by Crippen LogP contribution is 2.29. The van der Waals surface area contributed by atoms with Crippen LogP contribution in [-0.2, 0) is 17.6 Å². The van der Waals surface area contributed by atoms with Crippen molar-refractivity contribution in [3.05, 3.63) is 11.3 Å². The minimum atomic E-state index is 0.313. The van der Waals surface area contributed by atoms with Crippen molar-refractivity contribution in [1.82, 2.24) is 20.6 Å². The van der Waals surface area contributed by atoms with Crippen molar-refractivity contribution in [1.29, 1.82) is 0 Å². The first-order valence-electron chi connectivity index (χ1n) is 11.6. The average Bonchev–Trinajstić information content (AvgIpc) is 3.27. The molecule has 1 saturated heterocycles. The minimum absolute atomic E-state index is 0.313. The van der Waals surface area contributed by atoms with Crippen molar-refractivity contribution in [3.8, 4) is 0 Å². The number of hydrogen-bond donors (Lipinski definition) is 3. The summed E-state index contributed by atoms with van der Waals surface area (Å²) in [6, 6.07) is 0.863. The Kier molecular flexibility index (Phi) is 7.25. The summed E-state index contributed by atoms with van der Waals surface area (Å²) in [4.78, 5) is 11.9. The van der Waals surface area contributed by atoms with Crippen LogP contribution in [0.5, 0.6) is 0 Å². The van der Waals surface area contributed by atoms with Gasteiger partial charge in [-0.25, -0.2) is 4.98 Å². The van der Waals surface area contributed by atoms with Gasteiger partial charge in [0.2, 0.25) is 5.95 Å². The normalized spacial score (nSPS) is 26.0. The van der Waals surface area contributed by atoms with Gasteiger partial charge in [-0.05, 0) is 76.4 Å². The van der Waals surface area contributed by atoms with Gasteiger partial charge in [-0.3, -0.25) is 0 Å². The molecule has 0 aromatic carbocycles. The van der Waals surface area contributed by atoms with Crippen LogP contribution in [0, 0.1) is 0 Å². The maximum Gasteiger partial charge on any atom is 0.225 e. The van der Waals surface area contributed by atoms with Crippen molar-refractivity contribution in [2.45, 2.75) is 82.4 Å². The van der Waals surface area contributed by atoms with Crippen LogP contribution in [0.3, 0.4) is 0 Å². The maximum atomic E-state index is 5.65. The molecule has 8 heteroatoms. The fraction of sp³-hybridized carbons (Fsp3) is 0.773. The molecule has 0 bridgehead atoms. The number of ether oxygens (including phenoxy) is 1. The Balaban J connectivity index is 1.25. The standard InChI is InChI=1S/C22H36N6OS/c1-28(2)20-18-7-3-4-8-19(18)26-21(27-20)24-15-9-11-16(12-10-15)25-22(30)23-14-17-6-5-13-29-17/h15-17H,3-14H2,1-2H3,(H2,23,25,30)(H,24,26,27)/t15-,16+,17?. The fourth-order valence-electron chi connectivity index (χ4n) is 4.82. The largest absolute Gasteiger partial charge is 0.376 e. The quantitative estimate of drug-likeness (QED) is 0.593. The number of thiocarbonyl (C=S) groups is 1. The second-order valence-electron chi connectivity index (χ2n) is 9.08. The van der Waals surface area contributed by atoms with Gasteiger partial charge in [-0.2, -0.15) is 4.98 Å². The molecule has 2 fully saturated rings. The number of aromatic nitrogens is 2. The van der Waals surface area contributed by atoms with Crippen LogP contribution in [0.4, 0.5) is 11.8 Å². The summed E-state index contributed by atoms with van der Waals surface area (Å²) < 4.78 is 5.65. The molecule has 1 aromatic rings. The number of aryl methyl sites for hydroxylation is 1. The SMILES string of the molecule is CN(C)c1nc(N[C@H]2CC[C@@H](NC(=S)NCC3CCCO3)CC2)nc2c1CCCC2. The Morgan fingerprint density at radius 1 is 1.03 bits per heavy atom. The minimum Gasteiger partial charge on any atom is -0.376 e. The van der Waals surface area contributed by atoms with Crippen molar-refractivity contribution in [2.75, 3.05) is 37.5 Å². The molecule has 1 saturated carbocycles. The monoisotopic (exact) mass is 432 g/mol. The Labute approximate surface area is 185 Å². The van der Waals surface area contributed by atoms with Gasteiger partial charge in [0.25, 0.3) is 0 Å². The lowest BCUT2D eigenvalue weighted by molar-refractivity contribution is 0.114. The van der Waals surface area contributed by atoms with Gasteiger partial charge in [0.05, 0.1) is 11.8 Å². The Bertz CT molecular complexity index is 729. The third kappa shape index (κ3) is 5.52. The summed E-state index contributed by atoms with van der Waals surface area (Å²) in [5.41, 5.74) is 2.58. The first-order chi connectivity index (χ1) is 14.6. The summed E-state index contributed by atoms with van der Waals surface area (Å²) in [5, 5.41) is 11.2. The number of rotatable bonds is 6. The van der Waals surface area contributed by atoms with Gasteiger partial charge in [0, 0.05) is 44.9 Å². The molecule has 1 aromatic heterocycles. The fourth-order valence-corrected chi connectivity index (χ4v) is 5.07. The molecule has 166 valence electrons. The van der Waals surface area contributed by atoms with E-state index in [1.165, 1.54) is 24.1 Å². The van der Waals surface area contributed by atoms with E-state index in [4.69, 9.17) is 26.9 Å². The van der Waals surface area contributed by atoms with Crippen LogP contribution in [0.2, 0.25) is 0 Å². The maximum absolute atomic E-state index is 5.65. The Hall–Kier alpha value is -1.67. The van der Waals surface area contributed by atoms with Crippen molar-refractivity contribution < 1.29 is 4.74 Å². The van der Waals surface area contributed by atoms with Crippen molar-refractivity contribution in [3.63, 3.8) is 0 Å². The van der Waals surface area contributed by atoms with Crippen LogP contribution in [0.25, 0.3) is 0 Å². The van der Waals surface area contributed by atoms with E-state index in [0.29, 0.717) is 18.2 Å². The molecule has 1 unspecified atom stereocenters. The van der Waals surface area contributed by atoms with Gasteiger partial charge in [0.15, 0.2) is 5.11 Å². The molecule has 2 heterocycles. The van der Waals surface area contributed by atoms with Crippen LogP contribution in [-0.4, -0.2) is 60.5 Å². The highest BCUT2D eigenvalue weighted by Gasteiger charge is 2.24.